The second-order valence-corrected chi connectivity index (χ2v) is 8.26. The molecule has 1 fully saturated rings. The molecule has 162 valence electrons. The van der Waals surface area contributed by atoms with E-state index >= 15 is 0 Å². The number of hydrogen-bond acceptors (Lipinski definition) is 6. The molecule has 2 aromatic heterocycles. The summed E-state index contributed by atoms with van der Waals surface area (Å²) in [4.78, 5) is 27.2. The fourth-order valence-electron chi connectivity index (χ4n) is 3.66. The van der Waals surface area contributed by atoms with Crippen LogP contribution in [0.4, 0.5) is 18.3 Å². The van der Waals surface area contributed by atoms with Crippen LogP contribution >= 0.6 is 11.3 Å². The first kappa shape index (κ1) is 21.4. The van der Waals surface area contributed by atoms with Gasteiger partial charge in [0.05, 0.1) is 29.7 Å². The lowest BCUT2D eigenvalue weighted by Crippen LogP contribution is -2.40. The van der Waals surface area contributed by atoms with Gasteiger partial charge < -0.3 is 5.32 Å². The van der Waals surface area contributed by atoms with Crippen LogP contribution in [0.2, 0.25) is 0 Å². The van der Waals surface area contributed by atoms with Crippen LogP contribution in [0.1, 0.15) is 30.0 Å². The fraction of sp³-hybridized carbons (Fsp3) is 0.333. The molecule has 1 aliphatic rings. The average molecular weight is 447 g/mol. The van der Waals surface area contributed by atoms with Crippen molar-refractivity contribution in [1.29, 1.82) is 0 Å². The Labute approximate surface area is 181 Å². The SMILES string of the molecule is O=C(CN1CCC[C@@H](c2cncc(-c3cccc(C(F)(F)F)c3)n2)C1)Nc1nccs1. The highest BCUT2D eigenvalue weighted by molar-refractivity contribution is 7.13. The highest BCUT2D eigenvalue weighted by atomic mass is 32.1. The second kappa shape index (κ2) is 9.11. The lowest BCUT2D eigenvalue weighted by Gasteiger charge is -2.31. The van der Waals surface area contributed by atoms with E-state index in [2.05, 4.69) is 25.2 Å². The summed E-state index contributed by atoms with van der Waals surface area (Å²) in [5.41, 5.74) is 0.786. The van der Waals surface area contributed by atoms with Crippen molar-refractivity contribution in [3.63, 3.8) is 0 Å². The van der Waals surface area contributed by atoms with E-state index in [1.54, 1.807) is 23.8 Å². The minimum absolute atomic E-state index is 0.0552. The largest absolute Gasteiger partial charge is 0.416 e. The molecule has 1 N–H and O–H groups in total. The molecule has 31 heavy (non-hydrogen) atoms. The number of benzene rings is 1. The van der Waals surface area contributed by atoms with Gasteiger partial charge in [0.1, 0.15) is 0 Å². The van der Waals surface area contributed by atoms with Crippen LogP contribution in [0.15, 0.2) is 48.2 Å². The first-order valence-electron chi connectivity index (χ1n) is 9.80. The van der Waals surface area contributed by atoms with Gasteiger partial charge >= 0.3 is 6.18 Å². The van der Waals surface area contributed by atoms with Gasteiger partial charge in [-0.15, -0.1) is 11.3 Å². The summed E-state index contributed by atoms with van der Waals surface area (Å²) in [7, 11) is 0. The lowest BCUT2D eigenvalue weighted by molar-refractivity contribution is -0.137. The third-order valence-corrected chi connectivity index (χ3v) is 5.80. The van der Waals surface area contributed by atoms with Gasteiger partial charge in [0.15, 0.2) is 5.13 Å². The molecular formula is C21H20F3N5OS. The van der Waals surface area contributed by atoms with E-state index in [0.29, 0.717) is 22.9 Å². The first-order chi connectivity index (χ1) is 14.9. The number of alkyl halides is 3. The number of rotatable bonds is 5. The maximum absolute atomic E-state index is 13.0. The molecule has 0 saturated carbocycles. The zero-order valence-electron chi connectivity index (χ0n) is 16.5. The Morgan fingerprint density at radius 1 is 1.29 bits per heavy atom. The van der Waals surface area contributed by atoms with Crippen molar-refractivity contribution >= 4 is 22.4 Å². The van der Waals surface area contributed by atoms with Crippen molar-refractivity contribution in [3.8, 4) is 11.3 Å². The molecule has 0 spiro atoms. The van der Waals surface area contributed by atoms with Crippen molar-refractivity contribution in [2.45, 2.75) is 24.9 Å². The summed E-state index contributed by atoms with van der Waals surface area (Å²) in [6.45, 7) is 1.67. The number of amides is 1. The van der Waals surface area contributed by atoms with Crippen LogP contribution in [0.25, 0.3) is 11.3 Å². The molecule has 1 atom stereocenters. The molecular weight excluding hydrogens is 427 g/mol. The summed E-state index contributed by atoms with van der Waals surface area (Å²) in [6, 6.07) is 5.09. The number of halogens is 3. The third-order valence-electron chi connectivity index (χ3n) is 5.11. The smallest absolute Gasteiger partial charge is 0.301 e. The minimum Gasteiger partial charge on any atom is -0.301 e. The van der Waals surface area contributed by atoms with Gasteiger partial charge in [-0.25, -0.2) is 9.97 Å². The standard InChI is InChI=1S/C21H20F3N5OS/c22-21(23,24)16-5-1-3-14(9-16)17-10-25-11-18(27-17)15-4-2-7-29(12-15)13-19(30)28-20-26-6-8-31-20/h1,3,5-6,8-11,15H,2,4,7,12-13H2,(H,26,28,30)/t15-/m1/s1. The molecule has 4 rings (SSSR count). The van der Waals surface area contributed by atoms with Crippen LogP contribution in [0, 0.1) is 0 Å². The third kappa shape index (κ3) is 5.45. The molecule has 1 saturated heterocycles. The Kier molecular flexibility index (Phi) is 6.28. The number of carbonyl (C=O) groups excluding carboxylic acids is 1. The van der Waals surface area contributed by atoms with Crippen molar-refractivity contribution in [1.82, 2.24) is 19.9 Å². The molecule has 1 aliphatic heterocycles. The van der Waals surface area contributed by atoms with Crippen LogP contribution in [-0.4, -0.2) is 45.4 Å². The molecule has 1 aromatic carbocycles. The summed E-state index contributed by atoms with van der Waals surface area (Å²) >= 11 is 1.36. The van der Waals surface area contributed by atoms with Crippen LogP contribution < -0.4 is 5.32 Å². The Morgan fingerprint density at radius 3 is 2.94 bits per heavy atom. The molecule has 0 radical (unpaired) electrons. The maximum atomic E-state index is 13.0. The molecule has 3 aromatic rings. The van der Waals surface area contributed by atoms with Crippen molar-refractivity contribution in [2.24, 2.45) is 0 Å². The van der Waals surface area contributed by atoms with Gasteiger partial charge in [0.25, 0.3) is 0 Å². The molecule has 6 nitrogen and oxygen atoms in total. The quantitative estimate of drug-likeness (QED) is 0.626. The van der Waals surface area contributed by atoms with Gasteiger partial charge in [-0.2, -0.15) is 13.2 Å². The molecule has 10 heteroatoms. The van der Waals surface area contributed by atoms with Crippen molar-refractivity contribution in [3.05, 3.63) is 59.5 Å². The fourth-order valence-corrected chi connectivity index (χ4v) is 4.20. The number of hydrogen-bond donors (Lipinski definition) is 1. The molecule has 0 bridgehead atoms. The number of carbonyl (C=O) groups is 1. The van der Waals surface area contributed by atoms with Gasteiger partial charge in [0.2, 0.25) is 5.91 Å². The van der Waals surface area contributed by atoms with Gasteiger partial charge in [-0.05, 0) is 31.5 Å². The molecule has 0 unspecified atom stereocenters. The number of piperidine rings is 1. The van der Waals surface area contributed by atoms with Gasteiger partial charge in [-0.3, -0.25) is 14.7 Å². The van der Waals surface area contributed by atoms with Gasteiger partial charge in [-0.1, -0.05) is 12.1 Å². The van der Waals surface area contributed by atoms with E-state index in [1.165, 1.54) is 23.6 Å². The zero-order chi connectivity index (χ0) is 21.8. The average Bonchev–Trinajstić information content (AvgIpc) is 3.26. The Balaban J connectivity index is 1.45. The monoisotopic (exact) mass is 447 g/mol. The Morgan fingerprint density at radius 2 is 2.16 bits per heavy atom. The van der Waals surface area contributed by atoms with E-state index in [1.807, 2.05) is 0 Å². The number of thiazole rings is 1. The van der Waals surface area contributed by atoms with E-state index < -0.39 is 11.7 Å². The van der Waals surface area contributed by atoms with Crippen LogP contribution in [0.3, 0.4) is 0 Å². The van der Waals surface area contributed by atoms with Crippen molar-refractivity contribution < 1.29 is 18.0 Å². The van der Waals surface area contributed by atoms with E-state index in [4.69, 9.17) is 0 Å². The second-order valence-electron chi connectivity index (χ2n) is 7.37. The number of nitrogens with one attached hydrogen (secondary N) is 1. The number of anilines is 1. The Bertz CT molecular complexity index is 1040. The predicted octanol–water partition coefficient (Wildman–Crippen LogP) is 4.44. The summed E-state index contributed by atoms with van der Waals surface area (Å²) in [6.07, 6.45) is 2.12. The predicted molar refractivity (Wildman–Crippen MR) is 112 cm³/mol. The molecule has 0 aliphatic carbocycles. The van der Waals surface area contributed by atoms with Gasteiger partial charge in [0, 0.05) is 35.8 Å². The normalized spacial score (nSPS) is 17.5. The lowest BCUT2D eigenvalue weighted by atomic mass is 9.94. The zero-order valence-corrected chi connectivity index (χ0v) is 17.3. The van der Waals surface area contributed by atoms with Crippen molar-refractivity contribution in [2.75, 3.05) is 25.0 Å². The highest BCUT2D eigenvalue weighted by Gasteiger charge is 2.30. The van der Waals surface area contributed by atoms with E-state index in [0.717, 1.165) is 37.2 Å². The minimum atomic E-state index is -4.41. The van der Waals surface area contributed by atoms with Crippen LogP contribution in [0.5, 0.6) is 0 Å². The van der Waals surface area contributed by atoms with E-state index in [9.17, 15) is 18.0 Å². The van der Waals surface area contributed by atoms with Crippen LogP contribution in [-0.2, 0) is 11.0 Å². The topological polar surface area (TPSA) is 71.0 Å². The Hall–Kier alpha value is -2.85. The number of nitrogens with zero attached hydrogens (tertiary/aromatic N) is 4. The number of aromatic nitrogens is 3. The highest BCUT2D eigenvalue weighted by Crippen LogP contribution is 2.32. The first-order valence-corrected chi connectivity index (χ1v) is 10.7. The molecule has 3 heterocycles. The van der Waals surface area contributed by atoms with E-state index in [-0.39, 0.29) is 18.4 Å². The maximum Gasteiger partial charge on any atom is 0.416 e. The number of likely N-dealkylation sites (tertiary alicyclic amines) is 1. The summed E-state index contributed by atoms with van der Waals surface area (Å²) in [5, 5.41) is 5.14. The molecule has 1 amide bonds. The summed E-state index contributed by atoms with van der Waals surface area (Å²) in [5.74, 6) is -0.0703. The summed E-state index contributed by atoms with van der Waals surface area (Å²) < 4.78 is 39.1.